The van der Waals surface area contributed by atoms with E-state index in [0.29, 0.717) is 24.8 Å². The van der Waals surface area contributed by atoms with E-state index in [1.807, 2.05) is 0 Å². The van der Waals surface area contributed by atoms with Crippen molar-refractivity contribution < 1.29 is 13.9 Å². The number of ether oxygens (including phenoxy) is 1. The molecule has 2 aliphatic carbocycles. The van der Waals surface area contributed by atoms with Crippen molar-refractivity contribution >= 4 is 5.91 Å². The summed E-state index contributed by atoms with van der Waals surface area (Å²) < 4.78 is 18.5. The Balaban J connectivity index is 1.40. The third-order valence-corrected chi connectivity index (χ3v) is 5.06. The first-order valence-corrected chi connectivity index (χ1v) is 9.00. The molecule has 2 aromatic carbocycles. The first kappa shape index (κ1) is 16.1. The minimum atomic E-state index is -0.289. The number of benzene rings is 2. The smallest absolute Gasteiger partial charge is 0.226 e. The summed E-state index contributed by atoms with van der Waals surface area (Å²) in [6, 6.07) is 15.0. The summed E-state index contributed by atoms with van der Waals surface area (Å²) in [7, 11) is 0. The number of halogens is 1. The topological polar surface area (TPSA) is 29.5 Å². The number of rotatable bonds is 6. The van der Waals surface area contributed by atoms with Crippen molar-refractivity contribution in [1.29, 1.82) is 0 Å². The third-order valence-electron chi connectivity index (χ3n) is 5.06. The van der Waals surface area contributed by atoms with Gasteiger partial charge in [0.1, 0.15) is 11.6 Å². The molecular weight excluding hydrogens is 317 g/mol. The van der Waals surface area contributed by atoms with Gasteiger partial charge in [0, 0.05) is 6.04 Å². The lowest BCUT2D eigenvalue weighted by atomic mass is 10.1. The molecular formula is C21H22FNO2. The normalized spacial score (nSPS) is 18.7. The summed E-state index contributed by atoms with van der Waals surface area (Å²) in [5.74, 6) is 0.466. The van der Waals surface area contributed by atoms with Crippen molar-refractivity contribution in [1.82, 2.24) is 4.90 Å². The van der Waals surface area contributed by atoms with Crippen molar-refractivity contribution in [3.8, 4) is 5.75 Å². The number of nitrogens with zero attached hydrogens (tertiary/aromatic N) is 1. The maximum Gasteiger partial charge on any atom is 0.226 e. The molecule has 0 N–H and O–H groups in total. The third kappa shape index (κ3) is 3.53. The Bertz CT molecular complexity index is 755. The maximum atomic E-state index is 12.9. The standard InChI is InChI=1S/C21H22FNO2/c22-16-6-10-18(11-7-16)25-14-13-21(24)23(17-8-9-17)20-12-5-15-3-1-2-4-19(15)20/h1-4,6-7,10-11,17,20H,5,8-9,12-14H2. The van der Waals surface area contributed by atoms with Crippen LogP contribution < -0.4 is 4.74 Å². The molecule has 130 valence electrons. The number of carbonyl (C=O) groups excluding carboxylic acids is 1. The Morgan fingerprint density at radius 2 is 1.84 bits per heavy atom. The van der Waals surface area contributed by atoms with Gasteiger partial charge in [0.25, 0.3) is 0 Å². The molecule has 4 rings (SSSR count). The predicted octanol–water partition coefficient (Wildman–Crippen LogP) is 4.27. The second-order valence-corrected chi connectivity index (χ2v) is 6.84. The van der Waals surface area contributed by atoms with Gasteiger partial charge in [-0.25, -0.2) is 4.39 Å². The molecule has 4 heteroatoms. The van der Waals surface area contributed by atoms with Gasteiger partial charge in [-0.05, 0) is 61.1 Å². The van der Waals surface area contributed by atoms with Crippen LogP contribution in [0.4, 0.5) is 4.39 Å². The molecule has 1 unspecified atom stereocenters. The van der Waals surface area contributed by atoms with Crippen LogP contribution in [0.5, 0.6) is 5.75 Å². The fourth-order valence-electron chi connectivity index (χ4n) is 3.72. The van der Waals surface area contributed by atoms with Crippen LogP contribution in [0.3, 0.4) is 0 Å². The lowest BCUT2D eigenvalue weighted by molar-refractivity contribution is -0.135. The van der Waals surface area contributed by atoms with Gasteiger partial charge < -0.3 is 9.64 Å². The molecule has 1 saturated carbocycles. The molecule has 0 bridgehead atoms. The molecule has 1 atom stereocenters. The van der Waals surface area contributed by atoms with E-state index >= 15 is 0 Å². The molecule has 3 nitrogen and oxygen atoms in total. The van der Waals surface area contributed by atoms with Crippen molar-refractivity contribution in [3.63, 3.8) is 0 Å². The number of hydrogen-bond acceptors (Lipinski definition) is 2. The Morgan fingerprint density at radius 1 is 1.08 bits per heavy atom. The molecule has 0 heterocycles. The van der Waals surface area contributed by atoms with Crippen LogP contribution in [-0.4, -0.2) is 23.5 Å². The SMILES string of the molecule is O=C(CCOc1ccc(F)cc1)N(C1CC1)C1CCc2ccccc21. The van der Waals surface area contributed by atoms with Crippen molar-refractivity contribution in [2.75, 3.05) is 6.61 Å². The zero-order valence-electron chi connectivity index (χ0n) is 14.2. The van der Waals surface area contributed by atoms with E-state index in [4.69, 9.17) is 4.74 Å². The van der Waals surface area contributed by atoms with Crippen LogP contribution in [0.2, 0.25) is 0 Å². The summed E-state index contributed by atoms with van der Waals surface area (Å²) in [6.07, 6.45) is 4.61. The van der Waals surface area contributed by atoms with E-state index in [-0.39, 0.29) is 17.8 Å². The summed E-state index contributed by atoms with van der Waals surface area (Å²) >= 11 is 0. The van der Waals surface area contributed by atoms with Crippen LogP contribution in [0.25, 0.3) is 0 Å². The minimum absolute atomic E-state index is 0.159. The monoisotopic (exact) mass is 339 g/mol. The van der Waals surface area contributed by atoms with Gasteiger partial charge in [-0.15, -0.1) is 0 Å². The Labute approximate surface area is 147 Å². The van der Waals surface area contributed by atoms with Gasteiger partial charge in [0.15, 0.2) is 0 Å². The highest BCUT2D eigenvalue weighted by molar-refractivity contribution is 5.78. The second kappa shape index (κ2) is 6.87. The maximum absolute atomic E-state index is 12.9. The van der Waals surface area contributed by atoms with E-state index in [1.165, 1.54) is 23.3 Å². The molecule has 1 amide bonds. The average Bonchev–Trinajstić information content (AvgIpc) is 3.37. The number of aryl methyl sites for hydroxylation is 1. The number of hydrogen-bond donors (Lipinski definition) is 0. The Kier molecular flexibility index (Phi) is 4.43. The molecule has 25 heavy (non-hydrogen) atoms. The molecule has 0 aliphatic heterocycles. The zero-order chi connectivity index (χ0) is 17.2. The van der Waals surface area contributed by atoms with Crippen molar-refractivity contribution in [2.45, 2.75) is 44.2 Å². The minimum Gasteiger partial charge on any atom is -0.493 e. The molecule has 1 fully saturated rings. The van der Waals surface area contributed by atoms with Crippen LogP contribution in [-0.2, 0) is 11.2 Å². The summed E-state index contributed by atoms with van der Waals surface area (Å²) in [5.41, 5.74) is 2.68. The first-order chi connectivity index (χ1) is 12.2. The average molecular weight is 339 g/mol. The van der Waals surface area contributed by atoms with Crippen molar-refractivity contribution in [2.24, 2.45) is 0 Å². The van der Waals surface area contributed by atoms with E-state index in [0.717, 1.165) is 25.7 Å². The van der Waals surface area contributed by atoms with E-state index in [1.54, 1.807) is 12.1 Å². The highest BCUT2D eigenvalue weighted by atomic mass is 19.1. The molecule has 2 aromatic rings. The van der Waals surface area contributed by atoms with Crippen LogP contribution >= 0.6 is 0 Å². The predicted molar refractivity (Wildman–Crippen MR) is 93.9 cm³/mol. The largest absolute Gasteiger partial charge is 0.493 e. The van der Waals surface area contributed by atoms with Crippen LogP contribution in [0.1, 0.15) is 42.9 Å². The second-order valence-electron chi connectivity index (χ2n) is 6.84. The summed E-state index contributed by atoms with van der Waals surface area (Å²) in [6.45, 7) is 0.321. The van der Waals surface area contributed by atoms with Gasteiger partial charge in [-0.3, -0.25) is 4.79 Å². The molecule has 0 saturated heterocycles. The lowest BCUT2D eigenvalue weighted by Crippen LogP contribution is -2.36. The Morgan fingerprint density at radius 3 is 2.60 bits per heavy atom. The fourth-order valence-corrected chi connectivity index (χ4v) is 3.72. The molecule has 0 aromatic heterocycles. The van der Waals surface area contributed by atoms with Gasteiger partial charge in [-0.2, -0.15) is 0 Å². The summed E-state index contributed by atoms with van der Waals surface area (Å²) in [5, 5.41) is 0. The number of carbonyl (C=O) groups is 1. The molecule has 0 radical (unpaired) electrons. The highest BCUT2D eigenvalue weighted by Gasteiger charge is 2.39. The Hall–Kier alpha value is -2.36. The van der Waals surface area contributed by atoms with E-state index in [9.17, 15) is 9.18 Å². The zero-order valence-corrected chi connectivity index (χ0v) is 14.2. The van der Waals surface area contributed by atoms with E-state index in [2.05, 4.69) is 29.2 Å². The van der Waals surface area contributed by atoms with Crippen LogP contribution in [0.15, 0.2) is 48.5 Å². The van der Waals surface area contributed by atoms with Gasteiger partial charge in [-0.1, -0.05) is 24.3 Å². The first-order valence-electron chi connectivity index (χ1n) is 9.00. The highest BCUT2D eigenvalue weighted by Crippen LogP contribution is 2.42. The van der Waals surface area contributed by atoms with Gasteiger partial charge in [0.2, 0.25) is 5.91 Å². The fraction of sp³-hybridized carbons (Fsp3) is 0.381. The van der Waals surface area contributed by atoms with Gasteiger partial charge >= 0.3 is 0 Å². The quantitative estimate of drug-likeness (QED) is 0.786. The van der Waals surface area contributed by atoms with Crippen molar-refractivity contribution in [3.05, 3.63) is 65.5 Å². The number of fused-ring (bicyclic) bond motifs is 1. The van der Waals surface area contributed by atoms with Gasteiger partial charge in [0.05, 0.1) is 19.1 Å². The molecule has 2 aliphatic rings. The number of amides is 1. The van der Waals surface area contributed by atoms with E-state index < -0.39 is 0 Å². The van der Waals surface area contributed by atoms with Crippen LogP contribution in [0, 0.1) is 5.82 Å². The summed E-state index contributed by atoms with van der Waals surface area (Å²) in [4.78, 5) is 14.9. The lowest BCUT2D eigenvalue weighted by Gasteiger charge is -2.30. The molecule has 0 spiro atoms.